The number of para-hydroxylation sites is 2. The summed E-state index contributed by atoms with van der Waals surface area (Å²) in [5.74, 6) is 1.83. The fourth-order valence-electron chi connectivity index (χ4n) is 3.13. The molecule has 0 saturated heterocycles. The lowest BCUT2D eigenvalue weighted by atomic mass is 9.81. The second-order valence-corrected chi connectivity index (χ2v) is 5.66. The van der Waals surface area contributed by atoms with E-state index in [-0.39, 0.29) is 12.0 Å². The molecule has 1 aromatic carbocycles. The molecule has 2 aromatic rings. The van der Waals surface area contributed by atoms with E-state index in [4.69, 9.17) is 9.15 Å². The van der Waals surface area contributed by atoms with Crippen LogP contribution in [0.1, 0.15) is 37.5 Å². The average Bonchev–Trinajstić information content (AvgIpc) is 3.08. The van der Waals surface area contributed by atoms with Crippen molar-refractivity contribution in [3.63, 3.8) is 0 Å². The van der Waals surface area contributed by atoms with Gasteiger partial charge in [0.2, 0.25) is 0 Å². The van der Waals surface area contributed by atoms with Crippen molar-refractivity contribution in [2.45, 2.75) is 31.7 Å². The van der Waals surface area contributed by atoms with Crippen LogP contribution in [0.4, 0.5) is 5.69 Å². The van der Waals surface area contributed by atoms with Gasteiger partial charge >= 0.3 is 0 Å². The Kier molecular flexibility index (Phi) is 4.47. The topological polar surface area (TPSA) is 51.5 Å². The summed E-state index contributed by atoms with van der Waals surface area (Å²) in [5.41, 5.74) is 0.879. The minimum atomic E-state index is -0.154. The molecule has 0 amide bonds. The Morgan fingerprint density at radius 3 is 2.82 bits per heavy atom. The Hall–Kier alpha value is -2.23. The first-order valence-corrected chi connectivity index (χ1v) is 7.75. The zero-order valence-corrected chi connectivity index (χ0v) is 12.7. The van der Waals surface area contributed by atoms with E-state index in [2.05, 4.69) is 5.32 Å². The minimum absolute atomic E-state index is 0.0511. The number of benzene rings is 1. The van der Waals surface area contributed by atoms with Gasteiger partial charge in [-0.25, -0.2) is 0 Å². The maximum atomic E-state index is 12.4. The Labute approximate surface area is 130 Å². The summed E-state index contributed by atoms with van der Waals surface area (Å²) in [7, 11) is 1.65. The third-order valence-corrected chi connectivity index (χ3v) is 4.27. The molecule has 2 unspecified atom stereocenters. The molecule has 1 N–H and O–H groups in total. The van der Waals surface area contributed by atoms with E-state index in [9.17, 15) is 4.79 Å². The van der Waals surface area contributed by atoms with Gasteiger partial charge in [0.25, 0.3) is 0 Å². The van der Waals surface area contributed by atoms with Crippen LogP contribution in [0.25, 0.3) is 0 Å². The number of furan rings is 1. The Morgan fingerprint density at radius 1 is 1.23 bits per heavy atom. The summed E-state index contributed by atoms with van der Waals surface area (Å²) in [6.45, 7) is 0. The summed E-state index contributed by atoms with van der Waals surface area (Å²) >= 11 is 0. The Balaban J connectivity index is 1.90. The maximum Gasteiger partial charge on any atom is 0.141 e. The van der Waals surface area contributed by atoms with E-state index >= 15 is 0 Å². The number of ether oxygens (including phenoxy) is 1. The molecule has 3 rings (SSSR count). The van der Waals surface area contributed by atoms with E-state index in [0.717, 1.165) is 36.5 Å². The summed E-state index contributed by atoms with van der Waals surface area (Å²) in [6, 6.07) is 11.4. The molecule has 0 aliphatic heterocycles. The molecule has 4 nitrogen and oxygen atoms in total. The average molecular weight is 299 g/mol. The molecular weight excluding hydrogens is 278 g/mol. The Bertz CT molecular complexity index is 621. The predicted octanol–water partition coefficient (Wildman–Crippen LogP) is 4.20. The summed E-state index contributed by atoms with van der Waals surface area (Å²) in [6.07, 6.45) is 5.29. The number of hydrogen-bond donors (Lipinski definition) is 1. The van der Waals surface area contributed by atoms with Gasteiger partial charge in [0, 0.05) is 12.3 Å². The standard InChI is InChI=1S/C18H21NO3/c1-21-16-10-5-3-8-14(16)19-18(17-11-6-12-22-17)13-7-2-4-9-15(13)20/h3,5-6,8,10-13,18-19H,2,4,7,9H2,1H3. The summed E-state index contributed by atoms with van der Waals surface area (Å²) in [5, 5.41) is 3.46. The second-order valence-electron chi connectivity index (χ2n) is 5.66. The molecule has 1 aliphatic carbocycles. The number of methoxy groups -OCH3 is 1. The summed E-state index contributed by atoms with van der Waals surface area (Å²) < 4.78 is 11.0. The van der Waals surface area contributed by atoms with Gasteiger partial charge < -0.3 is 14.5 Å². The zero-order valence-electron chi connectivity index (χ0n) is 12.7. The van der Waals surface area contributed by atoms with Crippen molar-refractivity contribution in [1.82, 2.24) is 0 Å². The van der Waals surface area contributed by atoms with E-state index in [1.165, 1.54) is 0 Å². The number of hydrogen-bond acceptors (Lipinski definition) is 4. The molecule has 1 aliphatic rings. The third kappa shape index (κ3) is 3.01. The molecule has 0 radical (unpaired) electrons. The minimum Gasteiger partial charge on any atom is -0.495 e. The van der Waals surface area contributed by atoms with Gasteiger partial charge in [-0.2, -0.15) is 0 Å². The van der Waals surface area contributed by atoms with Gasteiger partial charge in [0.1, 0.15) is 17.3 Å². The molecule has 1 aromatic heterocycles. The van der Waals surface area contributed by atoms with Crippen molar-refractivity contribution >= 4 is 11.5 Å². The van der Waals surface area contributed by atoms with Gasteiger partial charge in [0.15, 0.2) is 0 Å². The monoisotopic (exact) mass is 299 g/mol. The molecule has 4 heteroatoms. The molecular formula is C18H21NO3. The largest absolute Gasteiger partial charge is 0.495 e. The predicted molar refractivity (Wildman–Crippen MR) is 85.0 cm³/mol. The van der Waals surface area contributed by atoms with Gasteiger partial charge in [0.05, 0.1) is 25.1 Å². The van der Waals surface area contributed by atoms with E-state index in [1.807, 2.05) is 36.4 Å². The molecule has 116 valence electrons. The van der Waals surface area contributed by atoms with Crippen molar-refractivity contribution < 1.29 is 13.9 Å². The van der Waals surface area contributed by atoms with Gasteiger partial charge in [-0.1, -0.05) is 18.6 Å². The van der Waals surface area contributed by atoms with Crippen molar-refractivity contribution in [3.05, 3.63) is 48.4 Å². The fraction of sp³-hybridized carbons (Fsp3) is 0.389. The van der Waals surface area contributed by atoms with E-state index < -0.39 is 0 Å². The lowest BCUT2D eigenvalue weighted by Crippen LogP contribution is -2.30. The van der Waals surface area contributed by atoms with Crippen LogP contribution >= 0.6 is 0 Å². The normalized spacial score (nSPS) is 19.7. The number of ketones is 1. The smallest absolute Gasteiger partial charge is 0.141 e. The van der Waals surface area contributed by atoms with Crippen LogP contribution in [-0.2, 0) is 4.79 Å². The highest BCUT2D eigenvalue weighted by Gasteiger charge is 2.33. The van der Waals surface area contributed by atoms with Crippen LogP contribution in [0.2, 0.25) is 0 Å². The number of rotatable bonds is 5. The lowest BCUT2D eigenvalue weighted by Gasteiger charge is -2.29. The van der Waals surface area contributed by atoms with Crippen LogP contribution in [0, 0.1) is 5.92 Å². The number of carbonyl (C=O) groups excluding carboxylic acids is 1. The van der Waals surface area contributed by atoms with Crippen molar-refractivity contribution in [3.8, 4) is 5.75 Å². The van der Waals surface area contributed by atoms with Crippen LogP contribution in [0.3, 0.4) is 0 Å². The molecule has 22 heavy (non-hydrogen) atoms. The number of Topliss-reactive ketones (excluding diaryl/α,β-unsaturated/α-hetero) is 1. The first-order chi connectivity index (χ1) is 10.8. The zero-order chi connectivity index (χ0) is 15.4. The van der Waals surface area contributed by atoms with Gasteiger partial charge in [-0.05, 0) is 37.1 Å². The molecule has 1 fully saturated rings. The molecule has 0 bridgehead atoms. The second kappa shape index (κ2) is 6.69. The first-order valence-electron chi connectivity index (χ1n) is 7.75. The van der Waals surface area contributed by atoms with Gasteiger partial charge in [-0.3, -0.25) is 4.79 Å². The highest BCUT2D eigenvalue weighted by Crippen LogP contribution is 2.37. The number of nitrogens with one attached hydrogen (secondary N) is 1. The van der Waals surface area contributed by atoms with Crippen LogP contribution in [0.15, 0.2) is 47.1 Å². The molecule has 0 spiro atoms. The number of anilines is 1. The van der Waals surface area contributed by atoms with Crippen LogP contribution in [-0.4, -0.2) is 12.9 Å². The SMILES string of the molecule is COc1ccccc1NC(c1ccco1)C1CCCCC1=O. The lowest BCUT2D eigenvalue weighted by molar-refractivity contribution is -0.125. The van der Waals surface area contributed by atoms with E-state index in [0.29, 0.717) is 12.2 Å². The van der Waals surface area contributed by atoms with Crippen molar-refractivity contribution in [2.24, 2.45) is 5.92 Å². The first kappa shape index (κ1) is 14.7. The highest BCUT2D eigenvalue weighted by molar-refractivity contribution is 5.83. The van der Waals surface area contributed by atoms with E-state index in [1.54, 1.807) is 13.4 Å². The van der Waals surface area contributed by atoms with Crippen LogP contribution in [0.5, 0.6) is 5.75 Å². The van der Waals surface area contributed by atoms with Crippen molar-refractivity contribution in [1.29, 1.82) is 0 Å². The maximum absolute atomic E-state index is 12.4. The summed E-state index contributed by atoms with van der Waals surface area (Å²) in [4.78, 5) is 12.4. The molecule has 1 saturated carbocycles. The molecule has 1 heterocycles. The van der Waals surface area contributed by atoms with Crippen LogP contribution < -0.4 is 10.1 Å². The fourth-order valence-corrected chi connectivity index (χ4v) is 3.13. The third-order valence-electron chi connectivity index (χ3n) is 4.27. The molecule has 2 atom stereocenters. The Morgan fingerprint density at radius 2 is 2.09 bits per heavy atom. The number of carbonyl (C=O) groups is 1. The highest BCUT2D eigenvalue weighted by atomic mass is 16.5. The quantitative estimate of drug-likeness (QED) is 0.899. The van der Waals surface area contributed by atoms with Gasteiger partial charge in [-0.15, -0.1) is 0 Å². The van der Waals surface area contributed by atoms with Crippen molar-refractivity contribution in [2.75, 3.05) is 12.4 Å².